The van der Waals surface area contributed by atoms with Crippen LogP contribution in [-0.4, -0.2) is 20.9 Å². The summed E-state index contributed by atoms with van der Waals surface area (Å²) in [5, 5.41) is 8.76. The molecule has 0 fully saturated rings. The van der Waals surface area contributed by atoms with Crippen LogP contribution >= 0.6 is 0 Å². The fraction of sp³-hybridized carbons (Fsp3) is 0.273. The van der Waals surface area contributed by atoms with E-state index in [1.807, 2.05) is 0 Å². The van der Waals surface area contributed by atoms with E-state index >= 15 is 0 Å². The zero-order valence-electron chi connectivity index (χ0n) is 9.89. The number of nitrogens with one attached hydrogen (secondary N) is 1. The van der Waals surface area contributed by atoms with E-state index in [9.17, 15) is 17.6 Å². The number of benzene rings is 1. The summed E-state index contributed by atoms with van der Waals surface area (Å²) in [6.45, 7) is -0.0212. The summed E-state index contributed by atoms with van der Waals surface area (Å²) in [7, 11) is -3.99. The van der Waals surface area contributed by atoms with E-state index in [0.717, 1.165) is 12.1 Å². The SMILES string of the molecule is N#Cc1c(F)cccc1S(=O)(=O)NCCCC(N)=O. The average molecular weight is 285 g/mol. The molecule has 1 rings (SSSR count). The molecule has 0 aromatic heterocycles. The van der Waals surface area contributed by atoms with Gasteiger partial charge in [-0.15, -0.1) is 0 Å². The monoisotopic (exact) mass is 285 g/mol. The highest BCUT2D eigenvalue weighted by Crippen LogP contribution is 2.17. The Hall–Kier alpha value is -1.98. The van der Waals surface area contributed by atoms with Crippen LogP contribution in [0.2, 0.25) is 0 Å². The molecule has 6 nitrogen and oxygen atoms in total. The lowest BCUT2D eigenvalue weighted by Gasteiger charge is -2.08. The number of hydrogen-bond donors (Lipinski definition) is 2. The van der Waals surface area contributed by atoms with Crippen molar-refractivity contribution < 1.29 is 17.6 Å². The van der Waals surface area contributed by atoms with Gasteiger partial charge in [0.15, 0.2) is 0 Å². The Morgan fingerprint density at radius 2 is 2.16 bits per heavy atom. The molecule has 19 heavy (non-hydrogen) atoms. The smallest absolute Gasteiger partial charge is 0.241 e. The normalized spacial score (nSPS) is 10.9. The van der Waals surface area contributed by atoms with Crippen molar-refractivity contribution in [3.05, 3.63) is 29.6 Å². The first-order valence-electron chi connectivity index (χ1n) is 5.35. The Labute approximate surface area is 110 Å². The first-order chi connectivity index (χ1) is 8.88. The van der Waals surface area contributed by atoms with Crippen LogP contribution in [0, 0.1) is 17.1 Å². The van der Waals surface area contributed by atoms with Crippen LogP contribution in [0.4, 0.5) is 4.39 Å². The predicted molar refractivity (Wildman–Crippen MR) is 64.7 cm³/mol. The van der Waals surface area contributed by atoms with Crippen LogP contribution in [-0.2, 0) is 14.8 Å². The number of rotatable bonds is 6. The van der Waals surface area contributed by atoms with Crippen molar-refractivity contribution in [3.63, 3.8) is 0 Å². The van der Waals surface area contributed by atoms with Crippen molar-refractivity contribution in [1.29, 1.82) is 5.26 Å². The minimum atomic E-state index is -3.99. The first kappa shape index (κ1) is 15.1. The van der Waals surface area contributed by atoms with E-state index in [4.69, 9.17) is 11.0 Å². The quantitative estimate of drug-likeness (QED) is 0.729. The topological polar surface area (TPSA) is 113 Å². The molecule has 3 N–H and O–H groups in total. The second-order valence-electron chi connectivity index (χ2n) is 3.69. The molecule has 0 heterocycles. The van der Waals surface area contributed by atoms with Crippen LogP contribution in [0.3, 0.4) is 0 Å². The van der Waals surface area contributed by atoms with Crippen molar-refractivity contribution in [1.82, 2.24) is 4.72 Å². The standard InChI is InChI=1S/C11H12FN3O3S/c12-9-3-1-4-10(8(9)7-13)19(17,18)15-6-2-5-11(14)16/h1,3-4,15H,2,5-6H2,(H2,14,16). The highest BCUT2D eigenvalue weighted by molar-refractivity contribution is 7.89. The van der Waals surface area contributed by atoms with Gasteiger partial charge in [-0.2, -0.15) is 5.26 Å². The molecule has 0 aliphatic rings. The molecule has 0 radical (unpaired) electrons. The van der Waals surface area contributed by atoms with E-state index in [0.29, 0.717) is 0 Å². The molecule has 0 unspecified atom stereocenters. The van der Waals surface area contributed by atoms with E-state index in [1.165, 1.54) is 12.1 Å². The summed E-state index contributed by atoms with van der Waals surface area (Å²) < 4.78 is 39.2. The van der Waals surface area contributed by atoms with Crippen LogP contribution in [0.5, 0.6) is 0 Å². The summed E-state index contributed by atoms with van der Waals surface area (Å²) in [4.78, 5) is 10.1. The number of sulfonamides is 1. The van der Waals surface area contributed by atoms with Crippen LogP contribution in [0.1, 0.15) is 18.4 Å². The molecule has 1 aromatic carbocycles. The van der Waals surface area contributed by atoms with Crippen molar-refractivity contribution in [2.24, 2.45) is 5.73 Å². The molecule has 0 spiro atoms. The lowest BCUT2D eigenvalue weighted by atomic mass is 10.2. The van der Waals surface area contributed by atoms with Crippen molar-refractivity contribution in [2.45, 2.75) is 17.7 Å². The largest absolute Gasteiger partial charge is 0.370 e. The molecule has 0 saturated carbocycles. The second kappa shape index (κ2) is 6.26. The number of primary amides is 1. The number of hydrogen-bond acceptors (Lipinski definition) is 4. The Balaban J connectivity index is 2.87. The summed E-state index contributed by atoms with van der Waals surface area (Å²) in [6.07, 6.45) is 0.266. The zero-order chi connectivity index (χ0) is 14.5. The molecule has 0 aliphatic heterocycles. The number of carbonyl (C=O) groups excluding carboxylic acids is 1. The van der Waals surface area contributed by atoms with E-state index < -0.39 is 32.2 Å². The van der Waals surface area contributed by atoms with Crippen molar-refractivity contribution >= 4 is 15.9 Å². The van der Waals surface area contributed by atoms with Gasteiger partial charge in [0.1, 0.15) is 22.3 Å². The maximum Gasteiger partial charge on any atom is 0.241 e. The minimum Gasteiger partial charge on any atom is -0.370 e. The highest BCUT2D eigenvalue weighted by Gasteiger charge is 2.20. The fourth-order valence-electron chi connectivity index (χ4n) is 1.38. The third kappa shape index (κ3) is 4.01. The van der Waals surface area contributed by atoms with Crippen molar-refractivity contribution in [3.8, 4) is 6.07 Å². The minimum absolute atomic E-state index is 0.0212. The molecule has 0 atom stereocenters. The first-order valence-corrected chi connectivity index (χ1v) is 6.83. The van der Waals surface area contributed by atoms with E-state index in [-0.39, 0.29) is 19.4 Å². The lowest BCUT2D eigenvalue weighted by Crippen LogP contribution is -2.26. The van der Waals surface area contributed by atoms with Crippen molar-refractivity contribution in [2.75, 3.05) is 6.54 Å². The Bertz CT molecular complexity index is 623. The summed E-state index contributed by atoms with van der Waals surface area (Å²) in [6, 6.07) is 4.85. The van der Waals surface area contributed by atoms with E-state index in [2.05, 4.69) is 4.72 Å². The summed E-state index contributed by atoms with van der Waals surface area (Å²) in [5.41, 5.74) is 4.37. The molecular formula is C11H12FN3O3S. The third-order valence-electron chi connectivity index (χ3n) is 2.27. The van der Waals surface area contributed by atoms with Gasteiger partial charge in [0.05, 0.1) is 0 Å². The molecular weight excluding hydrogens is 273 g/mol. The number of nitriles is 1. The highest BCUT2D eigenvalue weighted by atomic mass is 32.2. The Morgan fingerprint density at radius 3 is 2.74 bits per heavy atom. The van der Waals surface area contributed by atoms with Gasteiger partial charge in [-0.05, 0) is 18.6 Å². The van der Waals surface area contributed by atoms with Gasteiger partial charge in [0, 0.05) is 13.0 Å². The molecule has 0 aliphatic carbocycles. The van der Waals surface area contributed by atoms with Gasteiger partial charge < -0.3 is 5.73 Å². The average Bonchev–Trinajstić information content (AvgIpc) is 2.34. The molecule has 0 bridgehead atoms. The maximum absolute atomic E-state index is 13.3. The number of nitrogens with two attached hydrogens (primary N) is 1. The fourth-order valence-corrected chi connectivity index (χ4v) is 2.62. The van der Waals surface area contributed by atoms with Crippen LogP contribution < -0.4 is 10.5 Å². The summed E-state index contributed by atoms with van der Waals surface area (Å²) >= 11 is 0. The zero-order valence-corrected chi connectivity index (χ0v) is 10.7. The number of amides is 1. The third-order valence-corrected chi connectivity index (χ3v) is 3.77. The number of carbonyl (C=O) groups is 1. The molecule has 8 heteroatoms. The van der Waals surface area contributed by atoms with Gasteiger partial charge in [-0.3, -0.25) is 4.79 Å². The van der Waals surface area contributed by atoms with Gasteiger partial charge >= 0.3 is 0 Å². The van der Waals surface area contributed by atoms with Crippen LogP contribution in [0.25, 0.3) is 0 Å². The summed E-state index contributed by atoms with van der Waals surface area (Å²) in [5.74, 6) is -1.44. The number of nitrogens with zero attached hydrogens (tertiary/aromatic N) is 1. The molecule has 1 aromatic rings. The van der Waals surface area contributed by atoms with E-state index in [1.54, 1.807) is 0 Å². The van der Waals surface area contributed by atoms with Gasteiger partial charge in [0.25, 0.3) is 0 Å². The van der Waals surface area contributed by atoms with Gasteiger partial charge in [-0.1, -0.05) is 6.07 Å². The van der Waals surface area contributed by atoms with Crippen LogP contribution in [0.15, 0.2) is 23.1 Å². The Morgan fingerprint density at radius 1 is 1.47 bits per heavy atom. The molecule has 0 saturated heterocycles. The van der Waals surface area contributed by atoms with Gasteiger partial charge in [-0.25, -0.2) is 17.5 Å². The maximum atomic E-state index is 13.3. The molecule has 102 valence electrons. The number of halogens is 1. The Kier molecular flexibility index (Phi) is 4.97. The second-order valence-corrected chi connectivity index (χ2v) is 5.43. The molecule has 1 amide bonds. The predicted octanol–water partition coefficient (Wildman–Crippen LogP) is 0.241. The lowest BCUT2D eigenvalue weighted by molar-refractivity contribution is -0.118. The van der Waals surface area contributed by atoms with Gasteiger partial charge in [0.2, 0.25) is 15.9 Å².